The maximum atomic E-state index is 12.6. The van der Waals surface area contributed by atoms with Crippen molar-refractivity contribution < 1.29 is 19.4 Å². The number of carboxylic acids is 1. The summed E-state index contributed by atoms with van der Waals surface area (Å²) in [6.45, 7) is 4.50. The summed E-state index contributed by atoms with van der Waals surface area (Å²) in [6.07, 6.45) is 7.00. The van der Waals surface area contributed by atoms with Crippen molar-refractivity contribution in [2.45, 2.75) is 51.6 Å². The van der Waals surface area contributed by atoms with Crippen molar-refractivity contribution in [1.82, 2.24) is 9.80 Å². The normalized spacial score (nSPS) is 24.1. The largest absolute Gasteiger partial charge is 0.480 e. The third-order valence-electron chi connectivity index (χ3n) is 5.36. The van der Waals surface area contributed by atoms with Crippen LogP contribution in [0.5, 0.6) is 0 Å². The van der Waals surface area contributed by atoms with E-state index in [-0.39, 0.29) is 18.6 Å². The second kappa shape index (κ2) is 9.37. The molecule has 1 aliphatic carbocycles. The number of rotatable bonds is 7. The Bertz CT molecular complexity index is 423. The Morgan fingerprint density at radius 3 is 2.67 bits per heavy atom. The second-order valence-electron chi connectivity index (χ2n) is 7.50. The molecule has 138 valence electrons. The van der Waals surface area contributed by atoms with Crippen molar-refractivity contribution in [2.24, 2.45) is 11.8 Å². The first-order chi connectivity index (χ1) is 11.5. The molecule has 1 amide bonds. The third-order valence-corrected chi connectivity index (χ3v) is 5.36. The molecule has 2 aliphatic rings. The van der Waals surface area contributed by atoms with Gasteiger partial charge >= 0.3 is 5.97 Å². The van der Waals surface area contributed by atoms with Gasteiger partial charge in [-0.05, 0) is 18.9 Å². The van der Waals surface area contributed by atoms with Crippen LogP contribution in [0.3, 0.4) is 0 Å². The van der Waals surface area contributed by atoms with Gasteiger partial charge in [-0.25, -0.2) is 0 Å². The topological polar surface area (TPSA) is 70.1 Å². The van der Waals surface area contributed by atoms with Crippen LogP contribution in [0.25, 0.3) is 0 Å². The number of carbonyl (C=O) groups excluding carboxylic acids is 1. The van der Waals surface area contributed by atoms with Crippen molar-refractivity contribution in [1.29, 1.82) is 0 Å². The van der Waals surface area contributed by atoms with E-state index in [0.29, 0.717) is 44.5 Å². The molecule has 1 aliphatic heterocycles. The highest BCUT2D eigenvalue weighted by Gasteiger charge is 2.28. The lowest BCUT2D eigenvalue weighted by molar-refractivity contribution is -0.143. The van der Waals surface area contributed by atoms with Crippen molar-refractivity contribution in [3.8, 4) is 0 Å². The molecule has 6 nitrogen and oxygen atoms in total. The van der Waals surface area contributed by atoms with Gasteiger partial charge < -0.3 is 14.7 Å². The number of amides is 1. The highest BCUT2D eigenvalue weighted by Crippen LogP contribution is 2.31. The molecule has 0 aromatic rings. The smallest absolute Gasteiger partial charge is 0.317 e. The van der Waals surface area contributed by atoms with E-state index in [1.807, 2.05) is 4.90 Å². The van der Waals surface area contributed by atoms with E-state index in [2.05, 4.69) is 6.92 Å². The first kappa shape index (κ1) is 19.2. The fraction of sp³-hybridized carbons (Fsp3) is 0.889. The van der Waals surface area contributed by atoms with Crippen LogP contribution in [-0.2, 0) is 14.3 Å². The second-order valence-corrected chi connectivity index (χ2v) is 7.50. The van der Waals surface area contributed by atoms with Gasteiger partial charge in [0.1, 0.15) is 0 Å². The molecule has 0 spiro atoms. The molecule has 2 atom stereocenters. The van der Waals surface area contributed by atoms with E-state index in [1.54, 1.807) is 11.9 Å². The molecule has 2 unspecified atom stereocenters. The highest BCUT2D eigenvalue weighted by molar-refractivity contribution is 5.76. The maximum absolute atomic E-state index is 12.6. The van der Waals surface area contributed by atoms with Crippen LogP contribution in [0.15, 0.2) is 0 Å². The first-order valence-corrected chi connectivity index (χ1v) is 9.25. The fourth-order valence-corrected chi connectivity index (χ4v) is 3.97. The van der Waals surface area contributed by atoms with E-state index in [4.69, 9.17) is 9.84 Å². The molecular formula is C18H32N2O4. The summed E-state index contributed by atoms with van der Waals surface area (Å²) >= 11 is 0. The zero-order valence-corrected chi connectivity index (χ0v) is 15.1. The van der Waals surface area contributed by atoms with Gasteiger partial charge in [0.25, 0.3) is 0 Å². The average molecular weight is 340 g/mol. The minimum Gasteiger partial charge on any atom is -0.480 e. The summed E-state index contributed by atoms with van der Waals surface area (Å²) in [4.78, 5) is 27.0. The Balaban J connectivity index is 1.77. The SMILES string of the molecule is CC(CC(=O)N1CCOC(CN(C)CC(=O)O)C1)C1CCCCC1. The predicted octanol–water partition coefficient (Wildman–Crippen LogP) is 1.84. The molecule has 0 bridgehead atoms. The molecule has 0 aromatic carbocycles. The summed E-state index contributed by atoms with van der Waals surface area (Å²) < 4.78 is 5.70. The summed E-state index contributed by atoms with van der Waals surface area (Å²) in [5.74, 6) is 0.528. The lowest BCUT2D eigenvalue weighted by Crippen LogP contribution is -2.50. The Hall–Kier alpha value is -1.14. The zero-order chi connectivity index (χ0) is 17.5. The van der Waals surface area contributed by atoms with Crippen LogP contribution in [0.2, 0.25) is 0 Å². The molecule has 0 radical (unpaired) electrons. The molecular weight excluding hydrogens is 308 g/mol. The molecule has 1 saturated heterocycles. The summed E-state index contributed by atoms with van der Waals surface area (Å²) in [6, 6.07) is 0. The maximum Gasteiger partial charge on any atom is 0.317 e. The monoisotopic (exact) mass is 340 g/mol. The molecule has 24 heavy (non-hydrogen) atoms. The van der Waals surface area contributed by atoms with Crippen LogP contribution in [-0.4, -0.2) is 72.7 Å². The highest BCUT2D eigenvalue weighted by atomic mass is 16.5. The van der Waals surface area contributed by atoms with Crippen molar-refractivity contribution in [2.75, 3.05) is 39.8 Å². The number of morpholine rings is 1. The van der Waals surface area contributed by atoms with Crippen molar-refractivity contribution in [3.63, 3.8) is 0 Å². The Kier molecular flexibility index (Phi) is 7.49. The van der Waals surface area contributed by atoms with E-state index in [9.17, 15) is 9.59 Å². The van der Waals surface area contributed by atoms with Gasteiger partial charge in [-0.1, -0.05) is 39.0 Å². The number of carbonyl (C=O) groups is 2. The van der Waals surface area contributed by atoms with Crippen LogP contribution in [0.4, 0.5) is 0 Å². The molecule has 2 fully saturated rings. The molecule has 0 aromatic heterocycles. The number of carboxylic acid groups (broad SMARTS) is 1. The number of aliphatic carboxylic acids is 1. The Morgan fingerprint density at radius 2 is 2.00 bits per heavy atom. The van der Waals surface area contributed by atoms with Gasteiger partial charge in [0.2, 0.25) is 5.91 Å². The molecule has 1 N–H and O–H groups in total. The van der Waals surface area contributed by atoms with Gasteiger partial charge in [0, 0.05) is 26.1 Å². The minimum atomic E-state index is -0.845. The van der Waals surface area contributed by atoms with E-state index in [1.165, 1.54) is 32.1 Å². The zero-order valence-electron chi connectivity index (χ0n) is 15.1. The number of ether oxygens (including phenoxy) is 1. The van der Waals surface area contributed by atoms with E-state index >= 15 is 0 Å². The van der Waals surface area contributed by atoms with Gasteiger partial charge in [0.05, 0.1) is 19.3 Å². The van der Waals surface area contributed by atoms with Crippen LogP contribution >= 0.6 is 0 Å². The van der Waals surface area contributed by atoms with Crippen LogP contribution in [0, 0.1) is 11.8 Å². The van der Waals surface area contributed by atoms with Crippen molar-refractivity contribution >= 4 is 11.9 Å². The average Bonchev–Trinajstić information content (AvgIpc) is 2.55. The van der Waals surface area contributed by atoms with Gasteiger partial charge in [-0.2, -0.15) is 0 Å². The summed E-state index contributed by atoms with van der Waals surface area (Å²) in [5, 5.41) is 8.83. The van der Waals surface area contributed by atoms with Crippen LogP contribution in [0.1, 0.15) is 45.4 Å². The van der Waals surface area contributed by atoms with Crippen LogP contribution < -0.4 is 0 Å². The third kappa shape index (κ3) is 6.06. The van der Waals surface area contributed by atoms with E-state index < -0.39 is 5.97 Å². The molecule has 6 heteroatoms. The molecule has 1 heterocycles. The fourth-order valence-electron chi connectivity index (χ4n) is 3.97. The Morgan fingerprint density at radius 1 is 1.29 bits per heavy atom. The summed E-state index contributed by atoms with van der Waals surface area (Å²) in [7, 11) is 1.77. The Labute approximate surface area is 145 Å². The first-order valence-electron chi connectivity index (χ1n) is 9.25. The molecule has 1 saturated carbocycles. The van der Waals surface area contributed by atoms with Crippen molar-refractivity contribution in [3.05, 3.63) is 0 Å². The van der Waals surface area contributed by atoms with E-state index in [0.717, 1.165) is 0 Å². The number of likely N-dealkylation sites (N-methyl/N-ethyl adjacent to an activating group) is 1. The lowest BCUT2D eigenvalue weighted by Gasteiger charge is -2.36. The predicted molar refractivity (Wildman–Crippen MR) is 91.8 cm³/mol. The lowest BCUT2D eigenvalue weighted by atomic mass is 9.79. The van der Waals surface area contributed by atoms with Gasteiger partial charge in [-0.15, -0.1) is 0 Å². The molecule has 2 rings (SSSR count). The number of hydrogen-bond donors (Lipinski definition) is 1. The van der Waals surface area contributed by atoms with Gasteiger partial charge in [0.15, 0.2) is 0 Å². The van der Waals surface area contributed by atoms with Gasteiger partial charge in [-0.3, -0.25) is 14.5 Å². The quantitative estimate of drug-likeness (QED) is 0.766. The number of nitrogens with zero attached hydrogens (tertiary/aromatic N) is 2. The standard InChI is InChI=1S/C18H32N2O4/c1-14(15-6-4-3-5-7-15)10-17(21)20-8-9-24-16(12-20)11-19(2)13-18(22)23/h14-16H,3-13H2,1-2H3,(H,22,23). The number of hydrogen-bond acceptors (Lipinski definition) is 4. The minimum absolute atomic E-state index is 0.00742. The summed E-state index contributed by atoms with van der Waals surface area (Å²) in [5.41, 5.74) is 0.